The minimum atomic E-state index is -3.34. The van der Waals surface area contributed by atoms with Gasteiger partial charge < -0.3 is 15.2 Å². The second-order valence-corrected chi connectivity index (χ2v) is 10.9. The lowest BCUT2D eigenvalue weighted by molar-refractivity contribution is 0.142. The number of aliphatic hydroxyl groups is 1. The van der Waals surface area contributed by atoms with Crippen molar-refractivity contribution in [2.24, 2.45) is 5.92 Å². The van der Waals surface area contributed by atoms with Gasteiger partial charge in [-0.2, -0.15) is 4.98 Å². The van der Waals surface area contributed by atoms with Crippen LogP contribution in [0.1, 0.15) is 45.7 Å². The summed E-state index contributed by atoms with van der Waals surface area (Å²) in [5, 5.41) is 13.3. The molecule has 0 aliphatic carbocycles. The van der Waals surface area contributed by atoms with Crippen LogP contribution in [-0.4, -0.2) is 54.1 Å². The van der Waals surface area contributed by atoms with E-state index in [1.165, 1.54) is 11.0 Å². The van der Waals surface area contributed by atoms with Crippen LogP contribution < -0.4 is 10.2 Å². The van der Waals surface area contributed by atoms with Crippen molar-refractivity contribution >= 4 is 39.3 Å². The summed E-state index contributed by atoms with van der Waals surface area (Å²) in [6, 6.07) is 7.37. The van der Waals surface area contributed by atoms with Gasteiger partial charge in [0.15, 0.2) is 9.84 Å². The lowest BCUT2D eigenvalue weighted by Gasteiger charge is -2.24. The van der Waals surface area contributed by atoms with Crippen molar-refractivity contribution in [3.8, 4) is 0 Å². The highest BCUT2D eigenvalue weighted by atomic mass is 35.5. The van der Waals surface area contributed by atoms with Crippen molar-refractivity contribution < 1.29 is 23.1 Å². The number of rotatable bonds is 9. The molecule has 1 aliphatic heterocycles. The highest BCUT2D eigenvalue weighted by molar-refractivity contribution is 7.91. The maximum absolute atomic E-state index is 12.5. The van der Waals surface area contributed by atoms with E-state index >= 15 is 0 Å². The number of carbonyl (C=O) groups is 1. The van der Waals surface area contributed by atoms with Crippen molar-refractivity contribution in [3.63, 3.8) is 0 Å². The number of anilines is 2. The molecule has 0 unspecified atom stereocenters. The molecular formula is C22H29ClN4O5S. The average molecular weight is 497 g/mol. The third kappa shape index (κ3) is 5.93. The van der Waals surface area contributed by atoms with E-state index in [1.54, 1.807) is 31.2 Å². The molecule has 9 nitrogen and oxygen atoms in total. The molecule has 2 N–H and O–H groups in total. The first-order valence-corrected chi connectivity index (χ1v) is 12.8. The number of amides is 1. The number of cyclic esters (lactones) is 1. The number of aliphatic hydroxyl groups excluding tert-OH is 1. The second kappa shape index (κ2) is 10.2. The Bertz CT molecular complexity index is 1090. The molecule has 0 spiro atoms. The zero-order valence-electron chi connectivity index (χ0n) is 19.0. The lowest BCUT2D eigenvalue weighted by atomic mass is 10.1. The van der Waals surface area contributed by atoms with Gasteiger partial charge in [-0.25, -0.2) is 18.2 Å². The van der Waals surface area contributed by atoms with Gasteiger partial charge in [-0.05, 0) is 37.0 Å². The Kier molecular flexibility index (Phi) is 7.81. The molecule has 1 aromatic carbocycles. The first-order chi connectivity index (χ1) is 15.5. The Morgan fingerprint density at radius 1 is 1.24 bits per heavy atom. The minimum Gasteiger partial charge on any atom is -0.447 e. The lowest BCUT2D eigenvalue weighted by Crippen LogP contribution is -2.41. The Hall–Kier alpha value is -2.43. The highest BCUT2D eigenvalue weighted by Crippen LogP contribution is 2.28. The SMILES string of the molecule is CC[C@H](Nc1nc(Cl)cc(N2C(=O)OC[C@@H]2[C@@H](C)O)n1)c1ccc(S(=O)(=O)CC(C)C)cc1. The van der Waals surface area contributed by atoms with Crippen molar-refractivity contribution in [2.45, 2.75) is 57.2 Å². The fourth-order valence-electron chi connectivity index (χ4n) is 3.67. The van der Waals surface area contributed by atoms with Gasteiger partial charge in [0, 0.05) is 6.07 Å². The molecule has 1 aromatic heterocycles. The van der Waals surface area contributed by atoms with E-state index < -0.39 is 28.1 Å². The van der Waals surface area contributed by atoms with E-state index in [-0.39, 0.29) is 46.1 Å². The van der Waals surface area contributed by atoms with Gasteiger partial charge in [-0.3, -0.25) is 4.90 Å². The Labute approximate surface area is 199 Å². The van der Waals surface area contributed by atoms with Crippen LogP contribution in [0.4, 0.5) is 16.6 Å². The number of hydrogen-bond acceptors (Lipinski definition) is 8. The fraction of sp³-hybridized carbons (Fsp3) is 0.500. The number of sulfone groups is 1. The number of ether oxygens (including phenoxy) is 1. The van der Waals surface area contributed by atoms with Gasteiger partial charge in [-0.15, -0.1) is 0 Å². The van der Waals surface area contributed by atoms with Crippen molar-refractivity contribution in [3.05, 3.63) is 41.0 Å². The van der Waals surface area contributed by atoms with Gasteiger partial charge in [0.25, 0.3) is 0 Å². The molecule has 2 heterocycles. The van der Waals surface area contributed by atoms with Crippen molar-refractivity contribution in [1.29, 1.82) is 0 Å². The summed E-state index contributed by atoms with van der Waals surface area (Å²) in [5.74, 6) is 0.545. The minimum absolute atomic E-state index is 0.0372. The quantitative estimate of drug-likeness (QED) is 0.502. The molecule has 2 aromatic rings. The average Bonchev–Trinajstić information content (AvgIpc) is 3.12. The van der Waals surface area contributed by atoms with Crippen LogP contribution in [-0.2, 0) is 14.6 Å². The third-order valence-electron chi connectivity index (χ3n) is 5.30. The molecule has 33 heavy (non-hydrogen) atoms. The van der Waals surface area contributed by atoms with Crippen LogP contribution >= 0.6 is 11.6 Å². The molecule has 1 saturated heterocycles. The van der Waals surface area contributed by atoms with Gasteiger partial charge >= 0.3 is 6.09 Å². The number of benzene rings is 1. The normalized spacial score (nSPS) is 18.3. The molecule has 0 bridgehead atoms. The fourth-order valence-corrected chi connectivity index (χ4v) is 5.47. The molecule has 1 amide bonds. The number of nitrogens with zero attached hydrogens (tertiary/aromatic N) is 3. The van der Waals surface area contributed by atoms with Gasteiger partial charge in [-0.1, -0.05) is 44.5 Å². The molecule has 3 atom stereocenters. The number of carbonyl (C=O) groups excluding carboxylic acids is 1. The summed E-state index contributed by atoms with van der Waals surface area (Å²) in [6.07, 6.45) is -0.784. The predicted molar refractivity (Wildman–Crippen MR) is 126 cm³/mol. The maximum atomic E-state index is 12.5. The predicted octanol–water partition coefficient (Wildman–Crippen LogP) is 3.83. The summed E-state index contributed by atoms with van der Waals surface area (Å²) < 4.78 is 30.0. The van der Waals surface area contributed by atoms with Crippen LogP contribution in [0.25, 0.3) is 0 Å². The smallest absolute Gasteiger partial charge is 0.416 e. The standard InChI is InChI=1S/C22H29ClN4O5S/c1-5-17(15-6-8-16(9-7-15)33(30,31)12-13(2)3)24-21-25-19(23)10-20(26-21)27-18(14(4)28)11-32-22(27)29/h6-10,13-14,17-18,28H,5,11-12H2,1-4H3,(H,24,25,26)/t14-,17+,18-/m1/s1. The Morgan fingerprint density at radius 3 is 2.48 bits per heavy atom. The maximum Gasteiger partial charge on any atom is 0.416 e. The number of halogens is 1. The summed E-state index contributed by atoms with van der Waals surface area (Å²) in [6.45, 7) is 7.32. The first kappa shape index (κ1) is 25.2. The zero-order chi connectivity index (χ0) is 24.3. The van der Waals surface area contributed by atoms with Crippen LogP contribution in [0, 0.1) is 5.92 Å². The Morgan fingerprint density at radius 2 is 1.91 bits per heavy atom. The first-order valence-electron chi connectivity index (χ1n) is 10.8. The van der Waals surface area contributed by atoms with Crippen molar-refractivity contribution in [1.82, 2.24) is 9.97 Å². The van der Waals surface area contributed by atoms with E-state index in [0.717, 1.165) is 5.56 Å². The van der Waals surface area contributed by atoms with Gasteiger partial charge in [0.05, 0.1) is 22.8 Å². The molecule has 1 fully saturated rings. The molecule has 0 radical (unpaired) electrons. The summed E-state index contributed by atoms with van der Waals surface area (Å²) in [5.41, 5.74) is 0.855. The third-order valence-corrected chi connectivity index (χ3v) is 7.59. The molecule has 11 heteroatoms. The van der Waals surface area contributed by atoms with Crippen LogP contribution in [0.15, 0.2) is 35.2 Å². The van der Waals surface area contributed by atoms with E-state index in [9.17, 15) is 18.3 Å². The molecule has 3 rings (SSSR count). The van der Waals surface area contributed by atoms with Gasteiger partial charge in [0.2, 0.25) is 5.95 Å². The molecule has 180 valence electrons. The summed E-state index contributed by atoms with van der Waals surface area (Å²) in [7, 11) is -3.34. The van der Waals surface area contributed by atoms with E-state index in [0.29, 0.717) is 6.42 Å². The summed E-state index contributed by atoms with van der Waals surface area (Å²) >= 11 is 6.19. The number of hydrogen-bond donors (Lipinski definition) is 2. The van der Waals surface area contributed by atoms with E-state index in [4.69, 9.17) is 16.3 Å². The topological polar surface area (TPSA) is 122 Å². The molecular weight excluding hydrogens is 468 g/mol. The van der Waals surface area contributed by atoms with Crippen molar-refractivity contribution in [2.75, 3.05) is 22.6 Å². The zero-order valence-corrected chi connectivity index (χ0v) is 20.6. The highest BCUT2D eigenvalue weighted by Gasteiger charge is 2.38. The Balaban J connectivity index is 1.84. The monoisotopic (exact) mass is 496 g/mol. The van der Waals surface area contributed by atoms with Gasteiger partial charge in [0.1, 0.15) is 23.6 Å². The summed E-state index contributed by atoms with van der Waals surface area (Å²) in [4.78, 5) is 22.4. The van der Waals surface area contributed by atoms with Crippen LogP contribution in [0.2, 0.25) is 5.15 Å². The van der Waals surface area contributed by atoms with E-state index in [2.05, 4.69) is 15.3 Å². The molecule has 0 saturated carbocycles. The molecule has 1 aliphatic rings. The van der Waals surface area contributed by atoms with E-state index in [1.807, 2.05) is 20.8 Å². The van der Waals surface area contributed by atoms with Crippen LogP contribution in [0.3, 0.4) is 0 Å². The number of aromatic nitrogens is 2. The van der Waals surface area contributed by atoms with Crippen LogP contribution in [0.5, 0.6) is 0 Å². The second-order valence-electron chi connectivity index (χ2n) is 8.48. The largest absolute Gasteiger partial charge is 0.447 e. The number of nitrogens with one attached hydrogen (secondary N) is 1.